The Kier molecular flexibility index (Phi) is 14.9. The second kappa shape index (κ2) is 15.4. The Balaban J connectivity index is 0.000000845. The van der Waals surface area contributed by atoms with Crippen LogP contribution in [0.1, 0.15) is 52.0 Å². The van der Waals surface area contributed by atoms with Crippen LogP contribution in [0.5, 0.6) is 0 Å². The maximum Gasteiger partial charge on any atom is 0.112 e. The molecule has 1 aliphatic rings. The summed E-state index contributed by atoms with van der Waals surface area (Å²) in [5, 5.41) is 9.82. The number of rotatable bonds is 7. The summed E-state index contributed by atoms with van der Waals surface area (Å²) in [6.07, 6.45) is 7.29. The Labute approximate surface area is 163 Å². The van der Waals surface area contributed by atoms with Gasteiger partial charge in [0.2, 0.25) is 0 Å². The van der Waals surface area contributed by atoms with Crippen LogP contribution in [0.4, 0.5) is 0 Å². The van der Waals surface area contributed by atoms with Gasteiger partial charge in [-0.15, -0.1) is 17.9 Å². The number of hydrogen-bond acceptors (Lipinski definition) is 5. The minimum atomic E-state index is 0.138. The molecule has 3 unspecified atom stereocenters. The molecule has 3 atom stereocenters. The van der Waals surface area contributed by atoms with Crippen molar-refractivity contribution in [3.63, 3.8) is 0 Å². The zero-order valence-electron chi connectivity index (χ0n) is 16.4. The fraction of sp³-hybridized carbons (Fsp3) is 0.684. The molecule has 1 aromatic heterocycles. The number of aromatic nitrogens is 1. The van der Waals surface area contributed by atoms with Gasteiger partial charge >= 0.3 is 0 Å². The Morgan fingerprint density at radius 1 is 1.60 bits per heavy atom. The van der Waals surface area contributed by atoms with E-state index in [-0.39, 0.29) is 12.0 Å². The van der Waals surface area contributed by atoms with Gasteiger partial charge in [0.1, 0.15) is 5.01 Å². The van der Waals surface area contributed by atoms with Crippen LogP contribution in [0.15, 0.2) is 24.2 Å². The molecule has 0 bridgehead atoms. The van der Waals surface area contributed by atoms with E-state index in [1.54, 1.807) is 18.4 Å². The highest BCUT2D eigenvalue weighted by atomic mass is 32.1. The molecule has 0 amide bonds. The van der Waals surface area contributed by atoms with Gasteiger partial charge in [0.15, 0.2) is 0 Å². The van der Waals surface area contributed by atoms with Gasteiger partial charge in [-0.05, 0) is 25.8 Å². The third-order valence-corrected chi connectivity index (χ3v) is 5.16. The Hall–Kier alpha value is -0.820. The summed E-state index contributed by atoms with van der Waals surface area (Å²) in [5.41, 5.74) is 0. The number of hydrogen-bond donors (Lipinski definition) is 2. The maximum absolute atomic E-state index is 5.65. The van der Waals surface area contributed by atoms with E-state index in [4.69, 9.17) is 17.0 Å². The molecule has 4 nitrogen and oxygen atoms in total. The normalized spacial score (nSPS) is 18.0. The van der Waals surface area contributed by atoms with Gasteiger partial charge in [-0.2, -0.15) is 0 Å². The lowest BCUT2D eigenvalue weighted by Gasteiger charge is -2.29. The van der Waals surface area contributed by atoms with E-state index < -0.39 is 0 Å². The second-order valence-electron chi connectivity index (χ2n) is 5.53. The van der Waals surface area contributed by atoms with Crippen LogP contribution in [-0.2, 0) is 11.3 Å². The average molecular weight is 386 g/mol. The lowest BCUT2D eigenvalue weighted by atomic mass is 9.96. The predicted molar refractivity (Wildman–Crippen MR) is 114 cm³/mol. The lowest BCUT2D eigenvalue weighted by Crippen LogP contribution is -2.45. The molecular formula is C19H35N3OS2. The van der Waals surface area contributed by atoms with Gasteiger partial charge in [0.25, 0.3) is 0 Å². The molecule has 0 saturated carbocycles. The van der Waals surface area contributed by atoms with Crippen LogP contribution >= 0.6 is 23.6 Å². The number of thiocarbonyl (C=S) groups is 1. The first-order valence-electron chi connectivity index (χ1n) is 9.17. The van der Waals surface area contributed by atoms with Crippen molar-refractivity contribution >= 4 is 28.5 Å². The van der Waals surface area contributed by atoms with E-state index in [0.717, 1.165) is 29.4 Å². The third-order valence-electron chi connectivity index (χ3n) is 3.86. The van der Waals surface area contributed by atoms with Crippen molar-refractivity contribution in [2.75, 3.05) is 13.7 Å². The van der Waals surface area contributed by atoms with Gasteiger partial charge in [-0.3, -0.25) is 0 Å². The fourth-order valence-electron chi connectivity index (χ4n) is 2.52. The van der Waals surface area contributed by atoms with E-state index >= 15 is 0 Å². The topological polar surface area (TPSA) is 46.2 Å². The molecule has 144 valence electrons. The number of nitrogens with one attached hydrogen (secondary N) is 2. The van der Waals surface area contributed by atoms with Gasteiger partial charge in [0, 0.05) is 30.6 Å². The second-order valence-corrected chi connectivity index (χ2v) is 6.95. The molecule has 2 rings (SSSR count). The molecule has 6 heteroatoms. The van der Waals surface area contributed by atoms with E-state index in [9.17, 15) is 0 Å². The van der Waals surface area contributed by atoms with Crippen molar-refractivity contribution in [3.8, 4) is 0 Å². The Morgan fingerprint density at radius 3 is 2.72 bits per heavy atom. The number of allylic oxidation sites excluding steroid dienone is 1. The first-order chi connectivity index (χ1) is 12.1. The smallest absolute Gasteiger partial charge is 0.112 e. The van der Waals surface area contributed by atoms with Crippen molar-refractivity contribution in [2.45, 2.75) is 65.6 Å². The highest BCUT2D eigenvalue weighted by Crippen LogP contribution is 2.19. The number of thiazole rings is 1. The van der Waals surface area contributed by atoms with Crippen molar-refractivity contribution < 1.29 is 4.74 Å². The highest BCUT2D eigenvalue weighted by molar-refractivity contribution is 7.80. The van der Waals surface area contributed by atoms with Crippen molar-refractivity contribution in [2.24, 2.45) is 5.92 Å². The molecular weight excluding hydrogens is 350 g/mol. The number of ether oxygens (including phenoxy) is 1. The quantitative estimate of drug-likeness (QED) is 0.532. The summed E-state index contributed by atoms with van der Waals surface area (Å²) in [5.74, 6) is 0.204. The van der Waals surface area contributed by atoms with Crippen LogP contribution in [0.3, 0.4) is 0 Å². The Morgan fingerprint density at radius 2 is 2.28 bits per heavy atom. The monoisotopic (exact) mass is 385 g/mol. The van der Waals surface area contributed by atoms with E-state index in [1.807, 2.05) is 31.5 Å². The SMILES string of the molecule is C=CCC.CC.COC(C1CCCN1)C(C)C(=S)NCc1nccs1. The fourth-order valence-corrected chi connectivity index (χ4v) is 3.28. The van der Waals surface area contributed by atoms with Gasteiger partial charge in [0.05, 0.1) is 17.6 Å². The maximum atomic E-state index is 5.65. The summed E-state index contributed by atoms with van der Waals surface area (Å²) < 4.78 is 5.65. The van der Waals surface area contributed by atoms with Gasteiger partial charge in [-0.1, -0.05) is 46.0 Å². The largest absolute Gasteiger partial charge is 0.379 e. The third kappa shape index (κ3) is 9.45. The van der Waals surface area contributed by atoms with Gasteiger partial charge in [-0.25, -0.2) is 4.98 Å². The number of nitrogens with zero attached hydrogens (tertiary/aromatic N) is 1. The molecule has 1 aromatic rings. The molecule has 2 heterocycles. The van der Waals surface area contributed by atoms with Crippen LogP contribution in [-0.4, -0.2) is 35.8 Å². The van der Waals surface area contributed by atoms with Crippen molar-refractivity contribution in [1.82, 2.24) is 15.6 Å². The zero-order chi connectivity index (χ0) is 19.1. The molecule has 2 N–H and O–H groups in total. The van der Waals surface area contributed by atoms with Crippen LogP contribution in [0.2, 0.25) is 0 Å². The summed E-state index contributed by atoms with van der Waals surface area (Å²) in [6, 6.07) is 0.416. The molecule has 1 aliphatic heterocycles. The van der Waals surface area contributed by atoms with Crippen molar-refractivity contribution in [1.29, 1.82) is 0 Å². The van der Waals surface area contributed by atoms with Gasteiger partial charge < -0.3 is 15.4 Å². The molecule has 0 aromatic carbocycles. The van der Waals surface area contributed by atoms with E-state index in [1.165, 1.54) is 6.42 Å². The number of methoxy groups -OCH3 is 1. The minimum absolute atomic E-state index is 0.138. The van der Waals surface area contributed by atoms with Crippen molar-refractivity contribution in [3.05, 3.63) is 29.2 Å². The summed E-state index contributed by atoms with van der Waals surface area (Å²) in [6.45, 7) is 13.5. The van der Waals surface area contributed by atoms with Crippen LogP contribution in [0.25, 0.3) is 0 Å². The molecule has 0 radical (unpaired) electrons. The molecule has 0 spiro atoms. The summed E-state index contributed by atoms with van der Waals surface area (Å²) in [4.78, 5) is 5.10. The van der Waals surface area contributed by atoms with E-state index in [2.05, 4.69) is 36.0 Å². The van der Waals surface area contributed by atoms with E-state index in [0.29, 0.717) is 12.6 Å². The predicted octanol–water partition coefficient (Wildman–Crippen LogP) is 4.57. The standard InChI is InChI=1S/C13H21N3OS2.C4H8.C2H6/c1-9(12(17-2)10-4-3-5-14-10)13(18)16-8-11-15-6-7-19-11;1-3-4-2;1-2/h6-7,9-10,12,14H,3-5,8H2,1-2H3,(H,16,18);3H,1,4H2,2H3;1-2H3. The first kappa shape index (κ1) is 24.2. The molecule has 1 saturated heterocycles. The van der Waals surface area contributed by atoms with Crippen LogP contribution < -0.4 is 10.6 Å². The Bertz CT molecular complexity index is 446. The molecule has 25 heavy (non-hydrogen) atoms. The molecule has 1 fully saturated rings. The first-order valence-corrected chi connectivity index (χ1v) is 10.5. The zero-order valence-corrected chi connectivity index (χ0v) is 18.0. The minimum Gasteiger partial charge on any atom is -0.379 e. The summed E-state index contributed by atoms with van der Waals surface area (Å²) in [7, 11) is 1.77. The lowest BCUT2D eigenvalue weighted by molar-refractivity contribution is 0.0525. The average Bonchev–Trinajstić information content (AvgIpc) is 3.36. The molecule has 0 aliphatic carbocycles. The van der Waals surface area contributed by atoms with Crippen LogP contribution in [0, 0.1) is 5.92 Å². The highest BCUT2D eigenvalue weighted by Gasteiger charge is 2.31. The summed E-state index contributed by atoms with van der Waals surface area (Å²) >= 11 is 7.13.